The Hall–Kier alpha value is -2.69. The molecule has 5 amide bonds. The Kier molecular flexibility index (Phi) is 7.70. The van der Waals surface area contributed by atoms with Crippen LogP contribution in [-0.2, 0) is 24.0 Å². The third-order valence-electron chi connectivity index (χ3n) is 4.16. The third-order valence-corrected chi connectivity index (χ3v) is 4.16. The summed E-state index contributed by atoms with van der Waals surface area (Å²) in [6, 6.07) is -3.61. The molecule has 1 aliphatic rings. The summed E-state index contributed by atoms with van der Waals surface area (Å²) in [5.74, 6) is -2.20. The normalized spacial score (nSPS) is 25.3. The van der Waals surface area contributed by atoms with Crippen molar-refractivity contribution in [3.05, 3.63) is 0 Å². The van der Waals surface area contributed by atoms with Crippen molar-refractivity contribution in [1.82, 2.24) is 26.2 Å². The molecule has 11 heteroatoms. The number of rotatable bonds is 6. The molecule has 0 bridgehead atoms. The number of nitrogens with one attached hydrogen (secondary N) is 4. The average molecular weight is 385 g/mol. The molecule has 0 radical (unpaired) electrons. The molecular weight excluding hydrogens is 358 g/mol. The first-order chi connectivity index (χ1) is 12.5. The molecule has 1 rings (SSSR count). The summed E-state index contributed by atoms with van der Waals surface area (Å²) >= 11 is 0. The summed E-state index contributed by atoms with van der Waals surface area (Å²) in [6.07, 6.45) is -1.43. The fraction of sp³-hybridized carbons (Fsp3) is 0.688. The van der Waals surface area contributed by atoms with Crippen molar-refractivity contribution in [1.29, 1.82) is 0 Å². The molecule has 1 heterocycles. The van der Waals surface area contributed by atoms with Crippen molar-refractivity contribution in [3.63, 3.8) is 0 Å². The molecule has 0 aromatic carbocycles. The third kappa shape index (κ3) is 5.91. The lowest BCUT2D eigenvalue weighted by Gasteiger charge is -2.35. The highest BCUT2D eigenvalue weighted by Crippen LogP contribution is 2.27. The standard InChI is InChI=1S/C16H27N5O6/c1-7(22)17-6-12(18-8(2)23)15-13(19-9(3)24)14(20-10(4)25)16(27)21(15)11(5)26/h12-16,27H,6H2,1-5H3,(H,17,22)(H,18,23)(H,19,24)(H,20,25)/t12-,13-,14-,15+,16+/m1/s1. The van der Waals surface area contributed by atoms with E-state index in [-0.39, 0.29) is 12.5 Å². The molecule has 5 N–H and O–H groups in total. The van der Waals surface area contributed by atoms with E-state index in [1.54, 1.807) is 0 Å². The van der Waals surface area contributed by atoms with Gasteiger partial charge >= 0.3 is 0 Å². The van der Waals surface area contributed by atoms with E-state index in [2.05, 4.69) is 21.3 Å². The van der Waals surface area contributed by atoms with Gasteiger partial charge < -0.3 is 31.3 Å². The first-order valence-corrected chi connectivity index (χ1v) is 8.48. The first kappa shape index (κ1) is 22.4. The fourth-order valence-corrected chi connectivity index (χ4v) is 3.34. The summed E-state index contributed by atoms with van der Waals surface area (Å²) in [4.78, 5) is 59.5. The van der Waals surface area contributed by atoms with Crippen molar-refractivity contribution in [2.45, 2.75) is 65.0 Å². The Balaban J connectivity index is 3.37. The van der Waals surface area contributed by atoms with E-state index in [9.17, 15) is 29.1 Å². The van der Waals surface area contributed by atoms with Gasteiger partial charge in [-0.15, -0.1) is 0 Å². The molecule has 1 fully saturated rings. The molecule has 5 atom stereocenters. The van der Waals surface area contributed by atoms with Gasteiger partial charge in [-0.2, -0.15) is 0 Å². The minimum absolute atomic E-state index is 0.0427. The molecule has 1 saturated heterocycles. The van der Waals surface area contributed by atoms with Crippen molar-refractivity contribution in [2.75, 3.05) is 6.54 Å². The van der Waals surface area contributed by atoms with Gasteiger partial charge in [-0.05, 0) is 0 Å². The van der Waals surface area contributed by atoms with Crippen LogP contribution >= 0.6 is 0 Å². The van der Waals surface area contributed by atoms with Gasteiger partial charge in [-0.1, -0.05) is 0 Å². The number of hydrogen-bond acceptors (Lipinski definition) is 6. The number of amides is 5. The first-order valence-electron chi connectivity index (χ1n) is 8.48. The van der Waals surface area contributed by atoms with Crippen LogP contribution in [0.4, 0.5) is 0 Å². The van der Waals surface area contributed by atoms with Gasteiger partial charge in [0.15, 0.2) is 6.23 Å². The van der Waals surface area contributed by atoms with Gasteiger partial charge in [0.05, 0.1) is 24.2 Å². The largest absolute Gasteiger partial charge is 0.371 e. The van der Waals surface area contributed by atoms with Crippen LogP contribution in [0, 0.1) is 0 Å². The van der Waals surface area contributed by atoms with Crippen LogP contribution < -0.4 is 21.3 Å². The number of carbonyl (C=O) groups excluding carboxylic acids is 5. The quantitative estimate of drug-likeness (QED) is 0.332. The Morgan fingerprint density at radius 2 is 1.37 bits per heavy atom. The van der Waals surface area contributed by atoms with Gasteiger partial charge in [0.25, 0.3) is 0 Å². The van der Waals surface area contributed by atoms with Gasteiger partial charge in [-0.25, -0.2) is 0 Å². The Bertz CT molecular complexity index is 624. The molecule has 0 aliphatic carbocycles. The molecule has 0 saturated carbocycles. The van der Waals surface area contributed by atoms with Crippen LogP contribution in [0.3, 0.4) is 0 Å². The van der Waals surface area contributed by atoms with Crippen LogP contribution in [0.15, 0.2) is 0 Å². The summed E-state index contributed by atoms with van der Waals surface area (Å²) in [7, 11) is 0. The summed E-state index contributed by atoms with van der Waals surface area (Å²) in [5.41, 5.74) is 0. The number of nitrogens with zero attached hydrogens (tertiary/aromatic N) is 1. The highest BCUT2D eigenvalue weighted by molar-refractivity contribution is 5.79. The van der Waals surface area contributed by atoms with Gasteiger partial charge in [-0.3, -0.25) is 24.0 Å². The highest BCUT2D eigenvalue weighted by atomic mass is 16.3. The van der Waals surface area contributed by atoms with Crippen LogP contribution in [0.1, 0.15) is 34.6 Å². The van der Waals surface area contributed by atoms with Gasteiger partial charge in [0.1, 0.15) is 0 Å². The lowest BCUT2D eigenvalue weighted by atomic mass is 9.97. The van der Waals surface area contributed by atoms with Crippen molar-refractivity contribution in [2.24, 2.45) is 0 Å². The highest BCUT2D eigenvalue weighted by Gasteiger charge is 2.53. The SMILES string of the molecule is CC(=O)NC[C@@H](NC(C)=O)[C@H]1[C@H](NC(C)=O)[C@@H](NC(C)=O)[C@H](O)N1C(C)=O. The number of hydrogen-bond donors (Lipinski definition) is 5. The molecule has 0 unspecified atom stereocenters. The molecule has 0 aromatic rings. The Labute approximate surface area is 157 Å². The molecule has 0 aromatic heterocycles. The topological polar surface area (TPSA) is 157 Å². The van der Waals surface area contributed by atoms with E-state index in [0.717, 1.165) is 4.90 Å². The lowest BCUT2D eigenvalue weighted by Crippen LogP contribution is -2.62. The molecule has 152 valence electrons. The Morgan fingerprint density at radius 3 is 1.78 bits per heavy atom. The molecule has 0 spiro atoms. The van der Waals surface area contributed by atoms with Crippen molar-refractivity contribution >= 4 is 29.5 Å². The van der Waals surface area contributed by atoms with Crippen molar-refractivity contribution < 1.29 is 29.1 Å². The average Bonchev–Trinajstić information content (AvgIpc) is 2.75. The smallest absolute Gasteiger partial charge is 0.221 e. The number of carbonyl (C=O) groups is 5. The monoisotopic (exact) mass is 385 g/mol. The van der Waals surface area contributed by atoms with E-state index in [0.29, 0.717) is 0 Å². The maximum atomic E-state index is 12.2. The number of aliphatic hydroxyl groups excluding tert-OH is 1. The fourth-order valence-electron chi connectivity index (χ4n) is 3.34. The van der Waals surface area contributed by atoms with E-state index < -0.39 is 54.0 Å². The number of aliphatic hydroxyl groups is 1. The number of likely N-dealkylation sites (tertiary alicyclic amines) is 1. The maximum Gasteiger partial charge on any atom is 0.221 e. The summed E-state index contributed by atoms with van der Waals surface area (Å²) < 4.78 is 0. The zero-order valence-corrected chi connectivity index (χ0v) is 16.0. The van der Waals surface area contributed by atoms with Gasteiger partial charge in [0.2, 0.25) is 29.5 Å². The molecular formula is C16H27N5O6. The minimum atomic E-state index is -1.43. The van der Waals surface area contributed by atoms with E-state index in [4.69, 9.17) is 0 Å². The zero-order chi connectivity index (χ0) is 20.9. The van der Waals surface area contributed by atoms with E-state index in [1.807, 2.05) is 0 Å². The van der Waals surface area contributed by atoms with Crippen LogP contribution in [0.5, 0.6) is 0 Å². The van der Waals surface area contributed by atoms with Gasteiger partial charge in [0, 0.05) is 41.2 Å². The summed E-state index contributed by atoms with van der Waals surface area (Å²) in [5, 5.41) is 21.0. The minimum Gasteiger partial charge on any atom is -0.371 e. The second-order valence-electron chi connectivity index (χ2n) is 6.53. The maximum absolute atomic E-state index is 12.2. The Morgan fingerprint density at radius 1 is 0.852 bits per heavy atom. The lowest BCUT2D eigenvalue weighted by molar-refractivity contribution is -0.141. The van der Waals surface area contributed by atoms with E-state index in [1.165, 1.54) is 34.6 Å². The predicted octanol–water partition coefficient (Wildman–Crippen LogP) is -2.81. The van der Waals surface area contributed by atoms with Crippen LogP contribution in [-0.4, -0.2) is 76.5 Å². The molecule has 11 nitrogen and oxygen atoms in total. The second-order valence-corrected chi connectivity index (χ2v) is 6.53. The zero-order valence-electron chi connectivity index (χ0n) is 16.0. The van der Waals surface area contributed by atoms with E-state index >= 15 is 0 Å². The summed E-state index contributed by atoms with van der Waals surface area (Å²) in [6.45, 7) is 6.24. The molecule has 1 aliphatic heterocycles. The molecule has 27 heavy (non-hydrogen) atoms. The predicted molar refractivity (Wildman–Crippen MR) is 93.8 cm³/mol. The second kappa shape index (κ2) is 9.31. The van der Waals surface area contributed by atoms with Crippen LogP contribution in [0.25, 0.3) is 0 Å². The van der Waals surface area contributed by atoms with Crippen molar-refractivity contribution in [3.8, 4) is 0 Å². The van der Waals surface area contributed by atoms with Crippen LogP contribution in [0.2, 0.25) is 0 Å².